The number of aromatic nitrogens is 1. The molecule has 3 aromatic carbocycles. The first-order valence-electron chi connectivity index (χ1n) is 13.0. The smallest absolute Gasteiger partial charge is 0.254 e. The van der Waals surface area contributed by atoms with Crippen LogP contribution < -0.4 is 9.47 Å². The van der Waals surface area contributed by atoms with Crippen LogP contribution in [0.25, 0.3) is 10.9 Å². The number of para-hydroxylation sites is 1. The van der Waals surface area contributed by atoms with Gasteiger partial charge in [0, 0.05) is 48.4 Å². The van der Waals surface area contributed by atoms with Gasteiger partial charge in [0.1, 0.15) is 23.9 Å². The van der Waals surface area contributed by atoms with Crippen molar-refractivity contribution in [3.8, 4) is 11.5 Å². The number of benzene rings is 3. The summed E-state index contributed by atoms with van der Waals surface area (Å²) >= 11 is 0. The molecule has 4 rings (SSSR count). The van der Waals surface area contributed by atoms with Crippen LogP contribution in [0.2, 0.25) is 0 Å². The fraction of sp³-hybridized carbons (Fsp3) is 0.290. The molecule has 0 aliphatic carbocycles. The van der Waals surface area contributed by atoms with Gasteiger partial charge in [0.15, 0.2) is 0 Å². The highest BCUT2D eigenvalue weighted by atomic mass is 19.1. The maximum Gasteiger partial charge on any atom is 0.254 e. The fourth-order valence-electron chi connectivity index (χ4n) is 4.60. The summed E-state index contributed by atoms with van der Waals surface area (Å²) in [5, 5.41) is 1.11. The zero-order chi connectivity index (χ0) is 27.8. The van der Waals surface area contributed by atoms with Gasteiger partial charge in [0.25, 0.3) is 5.91 Å². The molecule has 0 aliphatic heterocycles. The van der Waals surface area contributed by atoms with Gasteiger partial charge in [0.05, 0.1) is 14.2 Å². The lowest BCUT2D eigenvalue weighted by atomic mass is 10.1. The third kappa shape index (κ3) is 6.96. The number of halogens is 1. The monoisotopic (exact) mass is 531 g/mol. The van der Waals surface area contributed by atoms with Gasteiger partial charge in [-0.15, -0.1) is 0 Å². The summed E-state index contributed by atoms with van der Waals surface area (Å²) in [6, 6.07) is 19.2. The van der Waals surface area contributed by atoms with Crippen molar-refractivity contribution in [2.75, 3.05) is 33.9 Å². The number of fused-ring (bicyclic) bond motifs is 1. The molecular formula is C31H34FN3O4. The summed E-state index contributed by atoms with van der Waals surface area (Å²) in [5.74, 6) is 0.203. The molecule has 1 aromatic heterocycles. The minimum Gasteiger partial charge on any atom is -0.497 e. The highest BCUT2D eigenvalue weighted by Gasteiger charge is 2.23. The van der Waals surface area contributed by atoms with Gasteiger partial charge in [0.2, 0.25) is 5.91 Å². The zero-order valence-electron chi connectivity index (χ0n) is 22.6. The molecule has 1 heterocycles. The molecule has 0 unspecified atom stereocenters. The Bertz CT molecular complexity index is 1390. The summed E-state index contributed by atoms with van der Waals surface area (Å²) in [4.78, 5) is 33.8. The summed E-state index contributed by atoms with van der Waals surface area (Å²) in [7, 11) is 3.05. The van der Waals surface area contributed by atoms with Crippen LogP contribution in [-0.4, -0.2) is 60.5 Å². The van der Waals surface area contributed by atoms with E-state index in [2.05, 4.69) is 11.1 Å². The van der Waals surface area contributed by atoms with E-state index >= 15 is 0 Å². The Hall–Kier alpha value is -4.33. The summed E-state index contributed by atoms with van der Waals surface area (Å²) in [6.07, 6.45) is 3.29. The highest BCUT2D eigenvalue weighted by Crippen LogP contribution is 2.24. The van der Waals surface area contributed by atoms with Crippen molar-refractivity contribution >= 4 is 22.7 Å². The largest absolute Gasteiger partial charge is 0.497 e. The Balaban J connectivity index is 1.56. The lowest BCUT2D eigenvalue weighted by Crippen LogP contribution is -2.43. The van der Waals surface area contributed by atoms with Crippen LogP contribution in [0.15, 0.2) is 72.9 Å². The Labute approximate surface area is 228 Å². The molecule has 0 saturated carbocycles. The van der Waals surface area contributed by atoms with E-state index in [9.17, 15) is 14.0 Å². The molecule has 0 saturated heterocycles. The third-order valence-electron chi connectivity index (χ3n) is 6.67. The van der Waals surface area contributed by atoms with E-state index in [-0.39, 0.29) is 24.2 Å². The van der Waals surface area contributed by atoms with Crippen LogP contribution in [0.1, 0.15) is 34.8 Å². The average Bonchev–Trinajstić information content (AvgIpc) is 3.38. The number of methoxy groups -OCH3 is 2. The van der Waals surface area contributed by atoms with E-state index in [1.165, 1.54) is 26.4 Å². The van der Waals surface area contributed by atoms with Crippen LogP contribution in [-0.2, 0) is 17.8 Å². The highest BCUT2D eigenvalue weighted by molar-refractivity contribution is 5.97. The molecule has 8 heteroatoms. The molecule has 204 valence electrons. The number of carbonyl (C=O) groups is 2. The standard InChI is InChI=1S/C31H34FN3O4/c1-4-14-35(31(37)24-16-26(38-2)18-27(17-24)39-3)21-30(36)34(20-22-9-11-25(32)12-10-22)15-13-23-19-33-29-8-6-5-7-28(23)29/h5-12,16-19,33H,4,13-15,20-21H2,1-3H3. The van der Waals surface area contributed by atoms with Gasteiger partial charge in [-0.1, -0.05) is 37.3 Å². The second-order valence-electron chi connectivity index (χ2n) is 9.38. The van der Waals surface area contributed by atoms with Gasteiger partial charge in [-0.05, 0) is 54.3 Å². The normalized spacial score (nSPS) is 10.9. The van der Waals surface area contributed by atoms with Crippen molar-refractivity contribution < 1.29 is 23.5 Å². The van der Waals surface area contributed by atoms with E-state index in [1.54, 1.807) is 40.1 Å². The molecular weight excluding hydrogens is 497 g/mol. The van der Waals surface area contributed by atoms with Crippen LogP contribution in [0.5, 0.6) is 11.5 Å². The Kier molecular flexibility index (Phi) is 9.20. The first kappa shape index (κ1) is 27.7. The molecule has 2 amide bonds. The average molecular weight is 532 g/mol. The van der Waals surface area contributed by atoms with Crippen LogP contribution in [0.4, 0.5) is 4.39 Å². The van der Waals surface area contributed by atoms with E-state index in [1.807, 2.05) is 31.3 Å². The number of nitrogens with zero attached hydrogens (tertiary/aromatic N) is 2. The molecule has 0 fully saturated rings. The number of rotatable bonds is 12. The van der Waals surface area contributed by atoms with Crippen molar-refractivity contribution in [1.82, 2.24) is 14.8 Å². The predicted molar refractivity (Wildman–Crippen MR) is 150 cm³/mol. The van der Waals surface area contributed by atoms with Gasteiger partial charge in [-0.3, -0.25) is 9.59 Å². The molecule has 0 atom stereocenters. The number of ether oxygens (including phenoxy) is 2. The molecule has 0 spiro atoms. The fourth-order valence-corrected chi connectivity index (χ4v) is 4.60. The summed E-state index contributed by atoms with van der Waals surface area (Å²) in [6.45, 7) is 3.05. The quantitative estimate of drug-likeness (QED) is 0.264. The number of hydrogen-bond acceptors (Lipinski definition) is 4. The lowest BCUT2D eigenvalue weighted by molar-refractivity contribution is -0.132. The van der Waals surface area contributed by atoms with Crippen molar-refractivity contribution in [1.29, 1.82) is 0 Å². The number of aromatic amines is 1. The van der Waals surface area contributed by atoms with Crippen molar-refractivity contribution in [3.63, 3.8) is 0 Å². The second-order valence-corrected chi connectivity index (χ2v) is 9.38. The van der Waals surface area contributed by atoms with Gasteiger partial charge < -0.3 is 24.3 Å². The van der Waals surface area contributed by atoms with Crippen LogP contribution in [0.3, 0.4) is 0 Å². The molecule has 0 bridgehead atoms. The molecule has 4 aromatic rings. The van der Waals surface area contributed by atoms with Gasteiger partial charge in [-0.25, -0.2) is 4.39 Å². The number of hydrogen-bond donors (Lipinski definition) is 1. The second kappa shape index (κ2) is 13.0. The van der Waals surface area contributed by atoms with Crippen molar-refractivity contribution in [2.45, 2.75) is 26.3 Å². The first-order valence-corrected chi connectivity index (χ1v) is 13.0. The Morgan fingerprint density at radius 1 is 0.897 bits per heavy atom. The van der Waals surface area contributed by atoms with Gasteiger partial charge >= 0.3 is 0 Å². The predicted octanol–water partition coefficient (Wildman–Crippen LogP) is 5.45. The summed E-state index contributed by atoms with van der Waals surface area (Å²) in [5.41, 5.74) is 3.34. The van der Waals surface area contributed by atoms with Crippen molar-refractivity contribution in [2.24, 2.45) is 0 Å². The van der Waals surface area contributed by atoms with E-state index in [0.717, 1.165) is 22.0 Å². The number of carbonyl (C=O) groups excluding carboxylic acids is 2. The third-order valence-corrected chi connectivity index (χ3v) is 6.67. The van der Waals surface area contributed by atoms with Crippen LogP contribution >= 0.6 is 0 Å². The number of nitrogens with one attached hydrogen (secondary N) is 1. The van der Waals surface area contributed by atoms with E-state index in [4.69, 9.17) is 9.47 Å². The number of H-pyrrole nitrogens is 1. The molecule has 39 heavy (non-hydrogen) atoms. The molecule has 0 radical (unpaired) electrons. The first-order chi connectivity index (χ1) is 18.9. The maximum atomic E-state index is 13.7. The molecule has 1 N–H and O–H groups in total. The molecule has 7 nitrogen and oxygen atoms in total. The van der Waals surface area contributed by atoms with E-state index < -0.39 is 0 Å². The van der Waals surface area contributed by atoms with Crippen molar-refractivity contribution in [3.05, 3.63) is 95.4 Å². The lowest BCUT2D eigenvalue weighted by Gasteiger charge is -2.28. The minimum atomic E-state index is -0.330. The Morgan fingerprint density at radius 2 is 1.59 bits per heavy atom. The topological polar surface area (TPSA) is 74.9 Å². The molecule has 0 aliphatic rings. The number of amides is 2. The Morgan fingerprint density at radius 3 is 2.26 bits per heavy atom. The SMILES string of the molecule is CCCN(CC(=O)N(CCc1c[nH]c2ccccc12)Cc1ccc(F)cc1)C(=O)c1cc(OC)cc(OC)c1. The van der Waals surface area contributed by atoms with Gasteiger partial charge in [-0.2, -0.15) is 0 Å². The van der Waals surface area contributed by atoms with E-state index in [0.29, 0.717) is 49.5 Å². The zero-order valence-corrected chi connectivity index (χ0v) is 22.6. The van der Waals surface area contributed by atoms with Crippen LogP contribution in [0, 0.1) is 5.82 Å². The minimum absolute atomic E-state index is 0.0821. The summed E-state index contributed by atoms with van der Waals surface area (Å²) < 4.78 is 24.2. The maximum absolute atomic E-state index is 13.7.